The van der Waals surface area contributed by atoms with E-state index in [1.807, 2.05) is 6.92 Å². The third-order valence-corrected chi connectivity index (χ3v) is 2.31. The van der Waals surface area contributed by atoms with Gasteiger partial charge < -0.3 is 15.2 Å². The monoisotopic (exact) mass is 284 g/mol. The average molecular weight is 284 g/mol. The second-order valence-electron chi connectivity index (χ2n) is 5.31. The van der Waals surface area contributed by atoms with Crippen LogP contribution in [0.4, 0.5) is 4.79 Å². The van der Waals surface area contributed by atoms with Gasteiger partial charge in [0.15, 0.2) is 0 Å². The molecule has 1 aromatic rings. The summed E-state index contributed by atoms with van der Waals surface area (Å²) in [6.07, 6.45) is 0.925. The summed E-state index contributed by atoms with van der Waals surface area (Å²) < 4.78 is 6.61. The van der Waals surface area contributed by atoms with Crippen LogP contribution in [0.5, 0.6) is 0 Å². The number of carboxylic acids is 1. The van der Waals surface area contributed by atoms with Gasteiger partial charge >= 0.3 is 12.1 Å². The minimum Gasteiger partial charge on any atom is -0.480 e. The van der Waals surface area contributed by atoms with Gasteiger partial charge in [-0.15, -0.1) is 5.10 Å². The highest BCUT2D eigenvalue weighted by atomic mass is 16.6. The van der Waals surface area contributed by atoms with E-state index in [1.54, 1.807) is 31.6 Å². The lowest BCUT2D eigenvalue weighted by Crippen LogP contribution is -2.44. The Morgan fingerprint density at radius 3 is 2.60 bits per heavy atom. The summed E-state index contributed by atoms with van der Waals surface area (Å²) in [5.74, 6) is -1.15. The van der Waals surface area contributed by atoms with Crippen LogP contribution in [0.25, 0.3) is 0 Å². The highest BCUT2D eigenvalue weighted by Crippen LogP contribution is 2.07. The molecule has 112 valence electrons. The molecule has 2 N–H and O–H groups in total. The Morgan fingerprint density at radius 1 is 1.50 bits per heavy atom. The Kier molecular flexibility index (Phi) is 5.06. The van der Waals surface area contributed by atoms with Gasteiger partial charge in [-0.2, -0.15) is 0 Å². The third-order valence-electron chi connectivity index (χ3n) is 2.31. The number of aliphatic carboxylic acids is 1. The van der Waals surface area contributed by atoms with E-state index < -0.39 is 23.7 Å². The molecule has 0 aliphatic rings. The number of rotatable bonds is 5. The average Bonchev–Trinajstić information content (AvgIpc) is 2.73. The SMILES string of the molecule is CCn1cc(CC(NC(=O)OC(C)(C)C)C(=O)O)nn1. The predicted octanol–water partition coefficient (Wildman–Crippen LogP) is 0.818. The maximum Gasteiger partial charge on any atom is 0.408 e. The first-order valence-corrected chi connectivity index (χ1v) is 6.32. The first-order chi connectivity index (χ1) is 9.21. The molecule has 0 saturated carbocycles. The highest BCUT2D eigenvalue weighted by Gasteiger charge is 2.25. The van der Waals surface area contributed by atoms with Crippen molar-refractivity contribution in [3.63, 3.8) is 0 Å². The topological polar surface area (TPSA) is 106 Å². The zero-order chi connectivity index (χ0) is 15.3. The molecule has 20 heavy (non-hydrogen) atoms. The first kappa shape index (κ1) is 15.9. The van der Waals surface area contributed by atoms with Gasteiger partial charge in [0.25, 0.3) is 0 Å². The molecule has 0 aromatic carbocycles. The number of hydrogen-bond donors (Lipinski definition) is 2. The Labute approximate surface area is 117 Å². The number of aromatic nitrogens is 3. The van der Waals surface area contributed by atoms with Gasteiger partial charge in [-0.3, -0.25) is 4.68 Å². The lowest BCUT2D eigenvalue weighted by atomic mass is 10.1. The molecule has 0 saturated heterocycles. The Bertz CT molecular complexity index is 478. The summed E-state index contributed by atoms with van der Waals surface area (Å²) in [5.41, 5.74) is -0.186. The fourth-order valence-corrected chi connectivity index (χ4v) is 1.45. The van der Waals surface area contributed by atoms with Gasteiger partial charge in [-0.05, 0) is 27.7 Å². The van der Waals surface area contributed by atoms with E-state index in [1.165, 1.54) is 0 Å². The molecule has 0 radical (unpaired) electrons. The van der Waals surface area contributed by atoms with Gasteiger partial charge in [0.1, 0.15) is 11.6 Å². The molecule has 1 rings (SSSR count). The van der Waals surface area contributed by atoms with Crippen molar-refractivity contribution in [3.05, 3.63) is 11.9 Å². The van der Waals surface area contributed by atoms with Gasteiger partial charge in [0.2, 0.25) is 0 Å². The fourth-order valence-electron chi connectivity index (χ4n) is 1.45. The molecule has 8 nitrogen and oxygen atoms in total. The minimum atomic E-state index is -1.15. The number of aryl methyl sites for hydroxylation is 1. The molecule has 1 unspecified atom stereocenters. The predicted molar refractivity (Wildman–Crippen MR) is 70.2 cm³/mol. The van der Waals surface area contributed by atoms with Crippen LogP contribution in [0.3, 0.4) is 0 Å². The number of ether oxygens (including phenoxy) is 1. The molecule has 1 atom stereocenters. The van der Waals surface area contributed by atoms with Crippen molar-refractivity contribution in [2.24, 2.45) is 0 Å². The minimum absolute atomic E-state index is 0.0502. The molecule has 0 spiro atoms. The van der Waals surface area contributed by atoms with Crippen LogP contribution >= 0.6 is 0 Å². The number of alkyl carbamates (subject to hydrolysis) is 1. The van der Waals surface area contributed by atoms with Crippen LogP contribution in [-0.2, 0) is 22.5 Å². The van der Waals surface area contributed by atoms with Crippen molar-refractivity contribution in [2.45, 2.75) is 52.3 Å². The first-order valence-electron chi connectivity index (χ1n) is 6.32. The fraction of sp³-hybridized carbons (Fsp3) is 0.667. The third kappa shape index (κ3) is 5.25. The van der Waals surface area contributed by atoms with Crippen molar-refractivity contribution >= 4 is 12.1 Å². The van der Waals surface area contributed by atoms with Crippen molar-refractivity contribution in [2.75, 3.05) is 0 Å². The number of carbonyl (C=O) groups excluding carboxylic acids is 1. The Hall–Kier alpha value is -2.12. The van der Waals surface area contributed by atoms with Crippen LogP contribution in [0, 0.1) is 0 Å². The molecule has 1 aromatic heterocycles. The lowest BCUT2D eigenvalue weighted by molar-refractivity contribution is -0.139. The normalized spacial score (nSPS) is 12.8. The van der Waals surface area contributed by atoms with Crippen LogP contribution in [-0.4, -0.2) is 43.8 Å². The number of nitrogens with one attached hydrogen (secondary N) is 1. The van der Waals surface area contributed by atoms with Crippen LogP contribution in [0.1, 0.15) is 33.4 Å². The van der Waals surface area contributed by atoms with E-state index in [0.29, 0.717) is 12.2 Å². The quantitative estimate of drug-likeness (QED) is 0.829. The maximum atomic E-state index is 11.6. The maximum absolute atomic E-state index is 11.6. The molecular formula is C12H20N4O4. The van der Waals surface area contributed by atoms with E-state index in [-0.39, 0.29) is 6.42 Å². The summed E-state index contributed by atoms with van der Waals surface area (Å²) in [5, 5.41) is 19.1. The molecule has 1 heterocycles. The van der Waals surface area contributed by atoms with Crippen LogP contribution in [0.15, 0.2) is 6.20 Å². The number of nitrogens with zero attached hydrogens (tertiary/aromatic N) is 3. The molecular weight excluding hydrogens is 264 g/mol. The van der Waals surface area contributed by atoms with Crippen molar-refractivity contribution in [1.82, 2.24) is 20.3 Å². The molecule has 0 bridgehead atoms. The van der Waals surface area contributed by atoms with E-state index in [0.717, 1.165) is 0 Å². The Balaban J connectivity index is 2.65. The highest BCUT2D eigenvalue weighted by molar-refractivity contribution is 5.80. The summed E-state index contributed by atoms with van der Waals surface area (Å²) >= 11 is 0. The number of amides is 1. The van der Waals surface area contributed by atoms with Crippen molar-refractivity contribution < 1.29 is 19.4 Å². The summed E-state index contributed by atoms with van der Waals surface area (Å²) in [6.45, 7) is 7.65. The number of carbonyl (C=O) groups is 2. The zero-order valence-electron chi connectivity index (χ0n) is 12.1. The molecule has 1 amide bonds. The number of hydrogen-bond acceptors (Lipinski definition) is 5. The summed E-state index contributed by atoms with van der Waals surface area (Å²) in [6, 6.07) is -1.10. The van der Waals surface area contributed by atoms with Crippen molar-refractivity contribution in [3.8, 4) is 0 Å². The summed E-state index contributed by atoms with van der Waals surface area (Å²) in [4.78, 5) is 22.7. The van der Waals surface area contributed by atoms with E-state index in [2.05, 4.69) is 15.6 Å². The van der Waals surface area contributed by atoms with Crippen LogP contribution in [0.2, 0.25) is 0 Å². The largest absolute Gasteiger partial charge is 0.480 e. The van der Waals surface area contributed by atoms with Crippen molar-refractivity contribution in [1.29, 1.82) is 0 Å². The molecule has 0 aliphatic carbocycles. The standard InChI is InChI=1S/C12H20N4O4/c1-5-16-7-8(14-15-16)6-9(10(17)18)13-11(19)20-12(2,3)4/h7,9H,5-6H2,1-4H3,(H,13,19)(H,17,18). The van der Waals surface area contributed by atoms with Gasteiger partial charge in [0.05, 0.1) is 5.69 Å². The van der Waals surface area contributed by atoms with E-state index >= 15 is 0 Å². The van der Waals surface area contributed by atoms with Crippen LogP contribution < -0.4 is 5.32 Å². The second kappa shape index (κ2) is 6.36. The molecule has 0 aliphatic heterocycles. The number of carboxylic acid groups (broad SMARTS) is 1. The van der Waals surface area contributed by atoms with Gasteiger partial charge in [0, 0.05) is 19.2 Å². The lowest BCUT2D eigenvalue weighted by Gasteiger charge is -2.21. The zero-order valence-corrected chi connectivity index (χ0v) is 12.1. The molecule has 8 heteroatoms. The van der Waals surface area contributed by atoms with Gasteiger partial charge in [-0.25, -0.2) is 9.59 Å². The Morgan fingerprint density at radius 2 is 2.15 bits per heavy atom. The smallest absolute Gasteiger partial charge is 0.408 e. The second-order valence-corrected chi connectivity index (χ2v) is 5.31. The van der Waals surface area contributed by atoms with E-state index in [9.17, 15) is 9.59 Å². The summed E-state index contributed by atoms with van der Waals surface area (Å²) in [7, 11) is 0. The van der Waals surface area contributed by atoms with Gasteiger partial charge in [-0.1, -0.05) is 5.21 Å². The van der Waals surface area contributed by atoms with E-state index in [4.69, 9.17) is 9.84 Å². The molecule has 0 fully saturated rings.